The summed E-state index contributed by atoms with van der Waals surface area (Å²) in [5.74, 6) is 1.30. The molecule has 2 heterocycles. The second kappa shape index (κ2) is 3.66. The van der Waals surface area contributed by atoms with E-state index in [1.807, 2.05) is 17.8 Å². The van der Waals surface area contributed by atoms with Crippen molar-refractivity contribution >= 4 is 16.5 Å². The molecular weight excluding hydrogens is 208 g/mol. The lowest BCUT2D eigenvalue weighted by atomic mass is 10.1. The molecule has 0 aliphatic heterocycles. The Bertz CT molecular complexity index is 469. The maximum Gasteiger partial charge on any atom is 0.180 e. The lowest BCUT2D eigenvalue weighted by molar-refractivity contribution is 0.871. The Labute approximate surface area is 92.8 Å². The number of nitrogen functional groups attached to an aromatic ring is 1. The molecule has 4 nitrogen and oxygen atoms in total. The van der Waals surface area contributed by atoms with E-state index in [9.17, 15) is 0 Å². The minimum Gasteiger partial charge on any atom is -0.375 e. The van der Waals surface area contributed by atoms with Gasteiger partial charge in [-0.05, 0) is 5.92 Å². The van der Waals surface area contributed by atoms with Gasteiger partial charge in [-0.25, -0.2) is 9.97 Å². The van der Waals surface area contributed by atoms with Gasteiger partial charge in [-0.3, -0.25) is 0 Å². The molecule has 0 aliphatic rings. The van der Waals surface area contributed by atoms with Gasteiger partial charge in [0.2, 0.25) is 0 Å². The monoisotopic (exact) mass is 222 g/mol. The fourth-order valence-electron chi connectivity index (χ4n) is 1.49. The number of anilines is 1. The Morgan fingerprint density at radius 3 is 2.73 bits per heavy atom. The van der Waals surface area contributed by atoms with Crippen LogP contribution >= 0.6 is 11.3 Å². The summed E-state index contributed by atoms with van der Waals surface area (Å²) in [4.78, 5) is 9.84. The number of aromatic nitrogens is 3. The van der Waals surface area contributed by atoms with Crippen molar-refractivity contribution in [3.05, 3.63) is 17.3 Å². The van der Waals surface area contributed by atoms with Gasteiger partial charge in [0.05, 0.1) is 0 Å². The number of aryl methyl sites for hydroxylation is 1. The molecule has 0 bridgehead atoms. The zero-order valence-electron chi connectivity index (χ0n) is 9.06. The molecule has 2 rings (SSSR count). The normalized spacial score (nSPS) is 11.2. The van der Waals surface area contributed by atoms with Crippen LogP contribution in [-0.4, -0.2) is 14.5 Å². The zero-order chi connectivity index (χ0) is 11.0. The van der Waals surface area contributed by atoms with Crippen molar-refractivity contribution in [2.45, 2.75) is 19.8 Å². The van der Waals surface area contributed by atoms with Crippen molar-refractivity contribution in [3.8, 4) is 11.5 Å². The first kappa shape index (κ1) is 10.2. The fraction of sp³-hybridized carbons (Fsp3) is 0.400. The molecule has 0 amide bonds. The summed E-state index contributed by atoms with van der Waals surface area (Å²) in [6.07, 6.45) is 3.68. The molecule has 0 unspecified atom stereocenters. The van der Waals surface area contributed by atoms with Crippen LogP contribution < -0.4 is 5.73 Å². The Kier molecular flexibility index (Phi) is 2.48. The number of hydrogen-bond donors (Lipinski definition) is 1. The van der Waals surface area contributed by atoms with E-state index < -0.39 is 0 Å². The summed E-state index contributed by atoms with van der Waals surface area (Å²) in [5, 5.41) is 0.608. The molecule has 0 aromatic carbocycles. The fourth-order valence-corrected chi connectivity index (χ4v) is 2.33. The average molecular weight is 222 g/mol. The minimum atomic E-state index is 0.423. The molecular formula is C10H14N4S. The largest absolute Gasteiger partial charge is 0.375 e. The van der Waals surface area contributed by atoms with Crippen molar-refractivity contribution in [2.75, 3.05) is 5.73 Å². The predicted octanol–water partition coefficient (Wildman–Crippen LogP) is 2.25. The van der Waals surface area contributed by atoms with Gasteiger partial charge in [-0.2, -0.15) is 0 Å². The summed E-state index contributed by atoms with van der Waals surface area (Å²) >= 11 is 1.54. The maximum atomic E-state index is 5.74. The van der Waals surface area contributed by atoms with E-state index in [0.717, 1.165) is 11.5 Å². The molecule has 2 N–H and O–H groups in total. The van der Waals surface area contributed by atoms with E-state index in [2.05, 4.69) is 23.8 Å². The maximum absolute atomic E-state index is 5.74. The van der Waals surface area contributed by atoms with Crippen LogP contribution in [0.4, 0.5) is 5.13 Å². The summed E-state index contributed by atoms with van der Waals surface area (Å²) in [7, 11) is 1.96. The third kappa shape index (κ3) is 1.74. The topological polar surface area (TPSA) is 56.7 Å². The molecule has 0 fully saturated rings. The second-order valence-electron chi connectivity index (χ2n) is 3.78. The number of hydrogen-bond acceptors (Lipinski definition) is 4. The molecule has 0 spiro atoms. The average Bonchev–Trinajstić information content (AvgIpc) is 2.71. The van der Waals surface area contributed by atoms with Crippen LogP contribution in [0.3, 0.4) is 0 Å². The van der Waals surface area contributed by atoms with Crippen molar-refractivity contribution in [1.82, 2.24) is 14.5 Å². The molecule has 0 aliphatic carbocycles. The third-order valence-corrected chi connectivity index (χ3v) is 3.41. The number of nitrogens with zero attached hydrogens (tertiary/aromatic N) is 3. The number of imidazole rings is 1. The molecule has 0 saturated carbocycles. The predicted molar refractivity (Wildman–Crippen MR) is 62.8 cm³/mol. The SMILES string of the molecule is CC(C)c1sc(N)nc1-c1nccn1C. The van der Waals surface area contributed by atoms with Gasteiger partial charge in [-0.15, -0.1) is 11.3 Å². The van der Waals surface area contributed by atoms with Gasteiger partial charge in [0.25, 0.3) is 0 Å². The highest BCUT2D eigenvalue weighted by Gasteiger charge is 2.17. The molecule has 2 aromatic heterocycles. The second-order valence-corrected chi connectivity index (χ2v) is 4.84. The van der Waals surface area contributed by atoms with Crippen molar-refractivity contribution in [2.24, 2.45) is 7.05 Å². The first-order chi connectivity index (χ1) is 7.09. The smallest absolute Gasteiger partial charge is 0.180 e. The molecule has 0 atom stereocenters. The Hall–Kier alpha value is -1.36. The first-order valence-electron chi connectivity index (χ1n) is 4.83. The Morgan fingerprint density at radius 2 is 2.20 bits per heavy atom. The van der Waals surface area contributed by atoms with Crippen LogP contribution in [0.1, 0.15) is 24.6 Å². The van der Waals surface area contributed by atoms with E-state index in [0.29, 0.717) is 11.0 Å². The van der Waals surface area contributed by atoms with Gasteiger partial charge >= 0.3 is 0 Å². The number of nitrogens with two attached hydrogens (primary N) is 1. The Balaban J connectivity index is 2.57. The van der Waals surface area contributed by atoms with E-state index in [1.165, 1.54) is 4.88 Å². The number of thiazole rings is 1. The highest BCUT2D eigenvalue weighted by atomic mass is 32.1. The lowest BCUT2D eigenvalue weighted by Crippen LogP contribution is -1.96. The van der Waals surface area contributed by atoms with Crippen molar-refractivity contribution < 1.29 is 0 Å². The highest BCUT2D eigenvalue weighted by molar-refractivity contribution is 7.15. The van der Waals surface area contributed by atoms with Crippen LogP contribution in [0.15, 0.2) is 12.4 Å². The van der Waals surface area contributed by atoms with Crippen molar-refractivity contribution in [1.29, 1.82) is 0 Å². The van der Waals surface area contributed by atoms with Crippen molar-refractivity contribution in [3.63, 3.8) is 0 Å². The quantitative estimate of drug-likeness (QED) is 0.847. The van der Waals surface area contributed by atoms with E-state index in [-0.39, 0.29) is 0 Å². The molecule has 0 saturated heterocycles. The van der Waals surface area contributed by atoms with Crippen LogP contribution in [0.25, 0.3) is 11.5 Å². The van der Waals surface area contributed by atoms with Gasteiger partial charge in [0.15, 0.2) is 11.0 Å². The molecule has 80 valence electrons. The molecule has 0 radical (unpaired) electrons. The van der Waals surface area contributed by atoms with E-state index >= 15 is 0 Å². The lowest BCUT2D eigenvalue weighted by Gasteiger charge is -2.04. The van der Waals surface area contributed by atoms with Gasteiger partial charge in [-0.1, -0.05) is 13.8 Å². The van der Waals surface area contributed by atoms with E-state index in [1.54, 1.807) is 17.5 Å². The molecule has 5 heteroatoms. The van der Waals surface area contributed by atoms with Crippen LogP contribution in [0.2, 0.25) is 0 Å². The highest BCUT2D eigenvalue weighted by Crippen LogP contribution is 2.33. The van der Waals surface area contributed by atoms with Gasteiger partial charge in [0, 0.05) is 24.3 Å². The summed E-state index contributed by atoms with van der Waals surface area (Å²) in [6.45, 7) is 4.28. The summed E-state index contributed by atoms with van der Waals surface area (Å²) in [6, 6.07) is 0. The standard InChI is InChI=1S/C10H14N4S/c1-6(2)8-7(13-10(11)15-8)9-12-4-5-14(9)3/h4-6H,1-3H3,(H2,11,13). The Morgan fingerprint density at radius 1 is 1.47 bits per heavy atom. The molecule has 15 heavy (non-hydrogen) atoms. The van der Waals surface area contributed by atoms with Crippen LogP contribution in [0, 0.1) is 0 Å². The summed E-state index contributed by atoms with van der Waals surface area (Å²) < 4.78 is 1.96. The van der Waals surface area contributed by atoms with Gasteiger partial charge in [0.1, 0.15) is 5.69 Å². The van der Waals surface area contributed by atoms with Crippen LogP contribution in [0.5, 0.6) is 0 Å². The zero-order valence-corrected chi connectivity index (χ0v) is 9.88. The van der Waals surface area contributed by atoms with E-state index in [4.69, 9.17) is 5.73 Å². The minimum absolute atomic E-state index is 0.423. The molecule has 2 aromatic rings. The summed E-state index contributed by atoms with van der Waals surface area (Å²) in [5.41, 5.74) is 6.66. The number of rotatable bonds is 2. The van der Waals surface area contributed by atoms with Crippen LogP contribution in [-0.2, 0) is 7.05 Å². The third-order valence-electron chi connectivity index (χ3n) is 2.23. The first-order valence-corrected chi connectivity index (χ1v) is 5.65. The van der Waals surface area contributed by atoms with Gasteiger partial charge < -0.3 is 10.3 Å².